The summed E-state index contributed by atoms with van der Waals surface area (Å²) in [6, 6.07) is 15.2. The molecule has 1 amide bonds. The van der Waals surface area contributed by atoms with Crippen LogP contribution in [0.1, 0.15) is 71.1 Å². The molecule has 2 aliphatic carbocycles. The van der Waals surface area contributed by atoms with Crippen molar-refractivity contribution in [1.29, 1.82) is 0 Å². The molecule has 2 saturated carbocycles. The van der Waals surface area contributed by atoms with Crippen molar-refractivity contribution in [2.75, 3.05) is 44.8 Å². The van der Waals surface area contributed by atoms with E-state index in [1.165, 1.54) is 0 Å². The molecule has 2 aliphatic heterocycles. The average Bonchev–Trinajstić information content (AvgIpc) is 3.87. The number of carbonyl (C=O) groups is 2. The van der Waals surface area contributed by atoms with Crippen LogP contribution in [0.15, 0.2) is 48.5 Å². The molecule has 0 N–H and O–H groups in total. The maximum atomic E-state index is 14.2. The second-order valence-electron chi connectivity index (χ2n) is 12.2. The lowest BCUT2D eigenvalue weighted by molar-refractivity contribution is 0.0114. The van der Waals surface area contributed by atoms with E-state index in [4.69, 9.17) is 9.47 Å². The Morgan fingerprint density at radius 3 is 2.21 bits per heavy atom. The number of hydrogen-bond donors (Lipinski definition) is 0. The lowest BCUT2D eigenvalue weighted by atomic mass is 9.88. The number of fused-ring (bicyclic) bond motifs is 2. The molecule has 1 saturated heterocycles. The second kappa shape index (κ2) is 9.62. The molecular weight excluding hydrogens is 542 g/mol. The minimum atomic E-state index is -2.60. The average molecular weight is 577 g/mol. The molecule has 3 heterocycles. The summed E-state index contributed by atoms with van der Waals surface area (Å²) in [5, 5.41) is 4.66. The summed E-state index contributed by atoms with van der Waals surface area (Å²) in [6.45, 7) is 3.30. The molecule has 42 heavy (non-hydrogen) atoms. The first kappa shape index (κ1) is 27.1. The van der Waals surface area contributed by atoms with Gasteiger partial charge in [0.1, 0.15) is 11.4 Å². The first-order valence-electron chi connectivity index (χ1n) is 14.7. The van der Waals surface area contributed by atoms with Gasteiger partial charge in [-0.1, -0.05) is 12.1 Å². The van der Waals surface area contributed by atoms with E-state index in [0.717, 1.165) is 36.9 Å². The SMILES string of the molecule is CCOC(=O)c1nn(-c2ccc(OC)cc2)c2c1C1(CC1)CN(c1ccc(C3(CN4CCC(F)(F)C4)CC3)cc1)C2=O. The monoisotopic (exact) mass is 576 g/mol. The van der Waals surface area contributed by atoms with E-state index in [1.807, 2.05) is 41.3 Å². The van der Waals surface area contributed by atoms with E-state index in [2.05, 4.69) is 5.10 Å². The van der Waals surface area contributed by atoms with Crippen molar-refractivity contribution >= 4 is 17.6 Å². The van der Waals surface area contributed by atoms with Crippen LogP contribution in [0.25, 0.3) is 5.69 Å². The Hall–Kier alpha value is -3.79. The van der Waals surface area contributed by atoms with Gasteiger partial charge < -0.3 is 14.4 Å². The molecular formula is C32H34F2N4O4. The maximum absolute atomic E-state index is 14.2. The standard InChI is InChI=1S/C32H34F2N4O4/c1-3-42-29(40)26-25-27(38(35-26)23-8-10-24(41-2)11-9-23)28(39)37(19-31(25)14-15-31)22-6-4-21(5-7-22)30(12-13-30)18-36-17-16-32(33,34)20-36/h4-11H,3,12-20H2,1-2H3. The van der Waals surface area contributed by atoms with E-state index in [1.54, 1.807) is 35.7 Å². The Morgan fingerprint density at radius 2 is 1.64 bits per heavy atom. The molecule has 4 aliphatic rings. The van der Waals surface area contributed by atoms with Gasteiger partial charge in [0.15, 0.2) is 5.69 Å². The minimum Gasteiger partial charge on any atom is -0.497 e. The highest BCUT2D eigenvalue weighted by atomic mass is 19.3. The molecule has 220 valence electrons. The molecule has 3 aromatic rings. The Balaban J connectivity index is 1.22. The molecule has 0 radical (unpaired) electrons. The zero-order chi connectivity index (χ0) is 29.3. The summed E-state index contributed by atoms with van der Waals surface area (Å²) in [5.41, 5.74) is 3.33. The first-order valence-corrected chi connectivity index (χ1v) is 14.7. The number of anilines is 1. The van der Waals surface area contributed by atoms with E-state index >= 15 is 0 Å². The number of likely N-dealkylation sites (tertiary alicyclic amines) is 1. The van der Waals surface area contributed by atoms with Crippen molar-refractivity contribution in [2.45, 2.75) is 55.8 Å². The Bertz CT molecular complexity index is 1540. The summed E-state index contributed by atoms with van der Waals surface area (Å²) in [6.07, 6.45) is 3.55. The van der Waals surface area contributed by atoms with Crippen LogP contribution < -0.4 is 9.64 Å². The summed E-state index contributed by atoms with van der Waals surface area (Å²) >= 11 is 0. The van der Waals surface area contributed by atoms with Gasteiger partial charge in [-0.25, -0.2) is 18.3 Å². The molecule has 10 heteroatoms. The van der Waals surface area contributed by atoms with E-state index in [9.17, 15) is 18.4 Å². The topological polar surface area (TPSA) is 76.9 Å². The highest BCUT2D eigenvalue weighted by Crippen LogP contribution is 2.55. The van der Waals surface area contributed by atoms with Gasteiger partial charge in [0.25, 0.3) is 11.8 Å². The van der Waals surface area contributed by atoms with Gasteiger partial charge in [-0.3, -0.25) is 9.69 Å². The zero-order valence-electron chi connectivity index (χ0n) is 23.9. The molecule has 7 rings (SSSR count). The third kappa shape index (κ3) is 4.47. The van der Waals surface area contributed by atoms with Crippen LogP contribution >= 0.6 is 0 Å². The summed E-state index contributed by atoms with van der Waals surface area (Å²) in [7, 11) is 1.59. The van der Waals surface area contributed by atoms with Crippen LogP contribution in [0, 0.1) is 0 Å². The number of alkyl halides is 2. The van der Waals surface area contributed by atoms with Crippen molar-refractivity contribution in [3.8, 4) is 11.4 Å². The van der Waals surface area contributed by atoms with Gasteiger partial charge in [0.2, 0.25) is 0 Å². The highest BCUT2D eigenvalue weighted by Gasteiger charge is 2.56. The normalized spacial score (nSPS) is 21.3. The van der Waals surface area contributed by atoms with Crippen molar-refractivity contribution < 1.29 is 27.8 Å². The lowest BCUT2D eigenvalue weighted by Crippen LogP contribution is -2.44. The fourth-order valence-corrected chi connectivity index (χ4v) is 6.77. The van der Waals surface area contributed by atoms with Gasteiger partial charge in [-0.15, -0.1) is 0 Å². The number of ether oxygens (including phenoxy) is 2. The number of nitrogens with zero attached hydrogens (tertiary/aromatic N) is 4. The first-order chi connectivity index (χ1) is 20.2. The summed E-state index contributed by atoms with van der Waals surface area (Å²) in [5.74, 6) is -2.68. The Labute approximate surface area is 243 Å². The van der Waals surface area contributed by atoms with Crippen LogP contribution in [0.5, 0.6) is 5.75 Å². The number of methoxy groups -OCH3 is 1. The van der Waals surface area contributed by atoms with Crippen LogP contribution in [0.3, 0.4) is 0 Å². The molecule has 3 fully saturated rings. The third-order valence-electron chi connectivity index (χ3n) is 9.38. The van der Waals surface area contributed by atoms with Crippen LogP contribution in [-0.2, 0) is 15.6 Å². The number of hydrogen-bond acceptors (Lipinski definition) is 6. The van der Waals surface area contributed by atoms with E-state index in [-0.39, 0.29) is 42.0 Å². The van der Waals surface area contributed by atoms with Gasteiger partial charge >= 0.3 is 5.97 Å². The molecule has 0 unspecified atom stereocenters. The van der Waals surface area contributed by atoms with Crippen molar-refractivity contribution in [3.05, 3.63) is 71.0 Å². The fraction of sp³-hybridized carbons (Fsp3) is 0.469. The molecule has 1 aromatic heterocycles. The molecule has 2 aromatic carbocycles. The number of carbonyl (C=O) groups excluding carboxylic acids is 2. The number of rotatable bonds is 8. The number of amides is 1. The number of benzene rings is 2. The largest absolute Gasteiger partial charge is 0.497 e. The van der Waals surface area contributed by atoms with Crippen LogP contribution in [0.2, 0.25) is 0 Å². The summed E-state index contributed by atoms with van der Waals surface area (Å²) in [4.78, 5) is 31.0. The Morgan fingerprint density at radius 1 is 0.952 bits per heavy atom. The fourth-order valence-electron chi connectivity index (χ4n) is 6.77. The van der Waals surface area contributed by atoms with Gasteiger partial charge in [0.05, 0.1) is 25.9 Å². The quantitative estimate of drug-likeness (QED) is 0.347. The molecule has 0 atom stereocenters. The van der Waals surface area contributed by atoms with Crippen LogP contribution in [0.4, 0.5) is 14.5 Å². The lowest BCUT2D eigenvalue weighted by Gasteiger charge is -2.34. The number of halogens is 2. The molecule has 8 nitrogen and oxygen atoms in total. The second-order valence-corrected chi connectivity index (χ2v) is 12.2. The Kier molecular flexibility index (Phi) is 6.20. The zero-order valence-corrected chi connectivity index (χ0v) is 23.9. The number of esters is 1. The van der Waals surface area contributed by atoms with Gasteiger partial charge in [0, 0.05) is 48.1 Å². The molecule has 1 spiro atoms. The van der Waals surface area contributed by atoms with Gasteiger partial charge in [-0.05, 0) is 74.6 Å². The van der Waals surface area contributed by atoms with E-state index < -0.39 is 11.9 Å². The summed E-state index contributed by atoms with van der Waals surface area (Å²) < 4.78 is 39.8. The number of aromatic nitrogens is 2. The predicted octanol–water partition coefficient (Wildman–Crippen LogP) is 5.12. The maximum Gasteiger partial charge on any atom is 0.359 e. The van der Waals surface area contributed by atoms with E-state index in [0.29, 0.717) is 42.3 Å². The highest BCUT2D eigenvalue weighted by molar-refractivity contribution is 6.10. The van der Waals surface area contributed by atoms with Gasteiger partial charge in [-0.2, -0.15) is 5.10 Å². The molecule has 0 bridgehead atoms. The van der Waals surface area contributed by atoms with Crippen molar-refractivity contribution in [3.63, 3.8) is 0 Å². The van der Waals surface area contributed by atoms with Crippen LogP contribution in [-0.4, -0.2) is 72.4 Å². The minimum absolute atomic E-state index is 0.0756. The van der Waals surface area contributed by atoms with Crippen molar-refractivity contribution in [1.82, 2.24) is 14.7 Å². The smallest absolute Gasteiger partial charge is 0.359 e. The predicted molar refractivity (Wildman–Crippen MR) is 152 cm³/mol. The third-order valence-corrected chi connectivity index (χ3v) is 9.38. The van der Waals surface area contributed by atoms with Crippen molar-refractivity contribution in [2.24, 2.45) is 0 Å².